The molecule has 2 rings (SSSR count). The highest BCUT2D eigenvalue weighted by molar-refractivity contribution is 5.78. The van der Waals surface area contributed by atoms with Crippen molar-refractivity contribution in [3.63, 3.8) is 0 Å². The van der Waals surface area contributed by atoms with Gasteiger partial charge in [-0.1, -0.05) is 12.1 Å². The second kappa shape index (κ2) is 6.75. The molecule has 4 nitrogen and oxygen atoms in total. The molecule has 1 amide bonds. The highest BCUT2D eigenvalue weighted by atomic mass is 16.5. The number of hydrogen-bond donors (Lipinski definition) is 1. The molecular formula is C16H24N2O2. The van der Waals surface area contributed by atoms with Crippen LogP contribution in [0.1, 0.15) is 29.5 Å². The summed E-state index contributed by atoms with van der Waals surface area (Å²) in [5.41, 5.74) is 8.95. The Morgan fingerprint density at radius 3 is 2.40 bits per heavy atom. The molecule has 2 N–H and O–H groups in total. The van der Waals surface area contributed by atoms with Crippen LogP contribution in [-0.2, 0) is 11.2 Å². The standard InChI is InChI=1S/C16H24N2O2/c1-12-9-14(5-6-17)10-13(2)16(12)20-11-15(19)18-7-3-4-8-18/h9-10H,3-8,11,17H2,1-2H3. The van der Waals surface area contributed by atoms with Gasteiger partial charge < -0.3 is 15.4 Å². The van der Waals surface area contributed by atoms with Gasteiger partial charge >= 0.3 is 0 Å². The Bertz CT molecular complexity index is 456. The first-order valence-electron chi connectivity index (χ1n) is 7.32. The minimum atomic E-state index is 0.0901. The minimum Gasteiger partial charge on any atom is -0.483 e. The summed E-state index contributed by atoms with van der Waals surface area (Å²) in [4.78, 5) is 13.9. The van der Waals surface area contributed by atoms with Crippen LogP contribution in [-0.4, -0.2) is 37.0 Å². The van der Waals surface area contributed by atoms with Crippen molar-refractivity contribution in [2.24, 2.45) is 5.73 Å². The first kappa shape index (κ1) is 14.9. The van der Waals surface area contributed by atoms with E-state index in [4.69, 9.17) is 10.5 Å². The van der Waals surface area contributed by atoms with E-state index in [2.05, 4.69) is 12.1 Å². The van der Waals surface area contributed by atoms with Crippen LogP contribution in [0, 0.1) is 13.8 Å². The van der Waals surface area contributed by atoms with Crippen LogP contribution in [0.5, 0.6) is 5.75 Å². The Balaban J connectivity index is 2.00. The Morgan fingerprint density at radius 2 is 1.85 bits per heavy atom. The van der Waals surface area contributed by atoms with Crippen LogP contribution in [0.25, 0.3) is 0 Å². The predicted molar refractivity (Wildman–Crippen MR) is 80.0 cm³/mol. The minimum absolute atomic E-state index is 0.0901. The maximum atomic E-state index is 12.0. The molecule has 0 spiro atoms. The van der Waals surface area contributed by atoms with Gasteiger partial charge in [-0.05, 0) is 56.3 Å². The smallest absolute Gasteiger partial charge is 0.260 e. The predicted octanol–water partition coefficient (Wildman–Crippen LogP) is 1.81. The molecule has 110 valence electrons. The van der Waals surface area contributed by atoms with E-state index in [1.165, 1.54) is 5.56 Å². The number of carbonyl (C=O) groups is 1. The SMILES string of the molecule is Cc1cc(CCN)cc(C)c1OCC(=O)N1CCCC1. The van der Waals surface area contributed by atoms with Gasteiger partial charge in [-0.25, -0.2) is 0 Å². The number of hydrogen-bond acceptors (Lipinski definition) is 3. The van der Waals surface area contributed by atoms with Gasteiger partial charge in [0, 0.05) is 13.1 Å². The summed E-state index contributed by atoms with van der Waals surface area (Å²) in [6.07, 6.45) is 3.09. The van der Waals surface area contributed by atoms with Crippen molar-refractivity contribution < 1.29 is 9.53 Å². The number of ether oxygens (including phenoxy) is 1. The maximum Gasteiger partial charge on any atom is 0.260 e. The lowest BCUT2D eigenvalue weighted by atomic mass is 10.0. The Morgan fingerprint density at radius 1 is 1.25 bits per heavy atom. The van der Waals surface area contributed by atoms with E-state index in [-0.39, 0.29) is 12.5 Å². The van der Waals surface area contributed by atoms with E-state index in [0.29, 0.717) is 6.54 Å². The molecule has 0 atom stereocenters. The molecular weight excluding hydrogens is 252 g/mol. The molecule has 0 unspecified atom stereocenters. The van der Waals surface area contributed by atoms with Crippen LogP contribution in [0.15, 0.2) is 12.1 Å². The first-order chi connectivity index (χ1) is 9.61. The van der Waals surface area contributed by atoms with Gasteiger partial charge in [-0.3, -0.25) is 4.79 Å². The summed E-state index contributed by atoms with van der Waals surface area (Å²) in [5.74, 6) is 0.922. The van der Waals surface area contributed by atoms with Gasteiger partial charge in [-0.15, -0.1) is 0 Å². The average Bonchev–Trinajstić information content (AvgIpc) is 2.91. The highest BCUT2D eigenvalue weighted by Crippen LogP contribution is 2.25. The lowest BCUT2D eigenvalue weighted by molar-refractivity contribution is -0.132. The van der Waals surface area contributed by atoms with E-state index in [9.17, 15) is 4.79 Å². The van der Waals surface area contributed by atoms with Gasteiger partial charge in [0.1, 0.15) is 5.75 Å². The van der Waals surface area contributed by atoms with Gasteiger partial charge in [0.05, 0.1) is 0 Å². The fourth-order valence-electron chi connectivity index (χ4n) is 2.77. The summed E-state index contributed by atoms with van der Waals surface area (Å²) in [7, 11) is 0. The molecule has 0 saturated carbocycles. The second-order valence-electron chi connectivity index (χ2n) is 5.47. The normalized spacial score (nSPS) is 14.7. The number of carbonyl (C=O) groups excluding carboxylic acids is 1. The van der Waals surface area contributed by atoms with Crippen molar-refractivity contribution in [3.8, 4) is 5.75 Å². The van der Waals surface area contributed by atoms with Crippen LogP contribution in [0.4, 0.5) is 0 Å². The lowest BCUT2D eigenvalue weighted by Crippen LogP contribution is -2.32. The number of aryl methyl sites for hydroxylation is 2. The third-order valence-electron chi connectivity index (χ3n) is 3.75. The zero-order valence-electron chi connectivity index (χ0n) is 12.4. The highest BCUT2D eigenvalue weighted by Gasteiger charge is 2.18. The average molecular weight is 276 g/mol. The monoisotopic (exact) mass is 276 g/mol. The molecule has 0 bridgehead atoms. The maximum absolute atomic E-state index is 12.0. The third-order valence-corrected chi connectivity index (χ3v) is 3.75. The third kappa shape index (κ3) is 3.51. The first-order valence-corrected chi connectivity index (χ1v) is 7.32. The number of nitrogens with two attached hydrogens (primary N) is 1. The van der Waals surface area contributed by atoms with Crippen molar-refractivity contribution >= 4 is 5.91 Å². The van der Waals surface area contributed by atoms with Crippen molar-refractivity contribution in [1.82, 2.24) is 4.90 Å². The Labute approximate surface area is 120 Å². The molecule has 20 heavy (non-hydrogen) atoms. The summed E-state index contributed by atoms with van der Waals surface area (Å²) < 4.78 is 5.75. The zero-order valence-corrected chi connectivity index (χ0v) is 12.4. The molecule has 1 aromatic rings. The molecule has 1 heterocycles. The molecule has 1 saturated heterocycles. The quantitative estimate of drug-likeness (QED) is 0.892. The molecule has 1 fully saturated rings. The topological polar surface area (TPSA) is 55.6 Å². The molecule has 4 heteroatoms. The van der Waals surface area contributed by atoms with E-state index >= 15 is 0 Å². The second-order valence-corrected chi connectivity index (χ2v) is 5.47. The number of rotatable bonds is 5. The summed E-state index contributed by atoms with van der Waals surface area (Å²) in [6.45, 7) is 6.56. The Hall–Kier alpha value is -1.55. The van der Waals surface area contributed by atoms with Crippen LogP contribution in [0.2, 0.25) is 0 Å². The van der Waals surface area contributed by atoms with Crippen LogP contribution in [0.3, 0.4) is 0 Å². The largest absolute Gasteiger partial charge is 0.483 e. The number of nitrogens with zero attached hydrogens (tertiary/aromatic N) is 1. The molecule has 0 aromatic heterocycles. The molecule has 0 aliphatic carbocycles. The molecule has 1 aliphatic heterocycles. The van der Waals surface area contributed by atoms with Gasteiger partial charge in [0.2, 0.25) is 0 Å². The molecule has 1 aromatic carbocycles. The van der Waals surface area contributed by atoms with E-state index < -0.39 is 0 Å². The van der Waals surface area contributed by atoms with Crippen LogP contribution >= 0.6 is 0 Å². The summed E-state index contributed by atoms with van der Waals surface area (Å²) >= 11 is 0. The van der Waals surface area contributed by atoms with E-state index in [1.54, 1.807) is 0 Å². The summed E-state index contributed by atoms with van der Waals surface area (Å²) in [6, 6.07) is 4.19. The lowest BCUT2D eigenvalue weighted by Gasteiger charge is -2.18. The van der Waals surface area contributed by atoms with E-state index in [1.807, 2.05) is 18.7 Å². The van der Waals surface area contributed by atoms with Gasteiger partial charge in [-0.2, -0.15) is 0 Å². The van der Waals surface area contributed by atoms with Crippen molar-refractivity contribution in [2.75, 3.05) is 26.2 Å². The van der Waals surface area contributed by atoms with Crippen LogP contribution < -0.4 is 10.5 Å². The summed E-state index contributed by atoms with van der Waals surface area (Å²) in [5, 5.41) is 0. The van der Waals surface area contributed by atoms with Crippen molar-refractivity contribution in [1.29, 1.82) is 0 Å². The van der Waals surface area contributed by atoms with Crippen molar-refractivity contribution in [3.05, 3.63) is 28.8 Å². The fraction of sp³-hybridized carbons (Fsp3) is 0.562. The number of amides is 1. The van der Waals surface area contributed by atoms with Gasteiger partial charge in [0.15, 0.2) is 6.61 Å². The van der Waals surface area contributed by atoms with Gasteiger partial charge in [0.25, 0.3) is 5.91 Å². The van der Waals surface area contributed by atoms with Crippen molar-refractivity contribution in [2.45, 2.75) is 33.1 Å². The zero-order chi connectivity index (χ0) is 14.5. The Kier molecular flexibility index (Phi) is 5.01. The number of likely N-dealkylation sites (tertiary alicyclic amines) is 1. The fourth-order valence-corrected chi connectivity index (χ4v) is 2.77. The molecule has 1 aliphatic rings. The van der Waals surface area contributed by atoms with E-state index in [0.717, 1.165) is 49.2 Å². The number of benzene rings is 1. The molecule has 0 radical (unpaired) electrons.